The maximum Gasteiger partial charge on any atom is 0.323 e. The van der Waals surface area contributed by atoms with E-state index in [2.05, 4.69) is 10.6 Å². The van der Waals surface area contributed by atoms with Gasteiger partial charge in [0.05, 0.1) is 18.7 Å². The van der Waals surface area contributed by atoms with Crippen LogP contribution in [0, 0.1) is 17.2 Å². The summed E-state index contributed by atoms with van der Waals surface area (Å²) in [4.78, 5) is 40.7. The van der Waals surface area contributed by atoms with Crippen molar-refractivity contribution in [2.75, 3.05) is 30.8 Å². The molecule has 0 spiro atoms. The van der Waals surface area contributed by atoms with E-state index in [1.165, 1.54) is 0 Å². The van der Waals surface area contributed by atoms with Crippen molar-refractivity contribution in [3.8, 4) is 11.8 Å². The van der Waals surface area contributed by atoms with E-state index in [0.717, 1.165) is 12.1 Å². The number of likely N-dealkylation sites (tertiary alicyclic amines) is 1. The third kappa shape index (κ3) is 4.53. The Morgan fingerprint density at radius 3 is 2.58 bits per heavy atom. The fourth-order valence-electron chi connectivity index (χ4n) is 5.07. The van der Waals surface area contributed by atoms with Crippen LogP contribution in [-0.2, 0) is 6.54 Å². The van der Waals surface area contributed by atoms with Crippen LogP contribution in [0.3, 0.4) is 0 Å². The van der Waals surface area contributed by atoms with Crippen molar-refractivity contribution < 1.29 is 14.3 Å². The SMILES string of the molecule is COc1ccc(C(=O)N2C[C@@H]3C[C@H](C2)c2ccc(NC(=O)Nc4cccc(C#N)c4)c(=O)n2C3)cc1. The van der Waals surface area contributed by atoms with Crippen molar-refractivity contribution in [3.63, 3.8) is 0 Å². The number of urea groups is 1. The van der Waals surface area contributed by atoms with E-state index >= 15 is 0 Å². The third-order valence-corrected chi connectivity index (χ3v) is 6.73. The van der Waals surface area contributed by atoms with Crippen LogP contribution in [0.2, 0.25) is 0 Å². The molecule has 2 atom stereocenters. The number of fused-ring (bicyclic) bond motifs is 4. The maximum atomic E-state index is 13.2. The van der Waals surface area contributed by atoms with Crippen molar-refractivity contribution >= 4 is 23.3 Å². The molecule has 5 rings (SSSR count). The maximum absolute atomic E-state index is 13.2. The molecule has 0 saturated carbocycles. The molecule has 3 aromatic rings. The Bertz CT molecular complexity index is 1420. The highest BCUT2D eigenvalue weighted by atomic mass is 16.5. The normalized spacial score (nSPS) is 17.9. The number of carbonyl (C=O) groups is 2. The summed E-state index contributed by atoms with van der Waals surface area (Å²) >= 11 is 0. The van der Waals surface area contributed by atoms with Gasteiger partial charge in [-0.05, 0) is 66.9 Å². The third-order valence-electron chi connectivity index (χ3n) is 6.73. The molecule has 2 aromatic carbocycles. The standard InChI is InChI=1S/C27H25N5O4/c1-36-22-7-5-19(6-8-22)25(33)31-14-18-11-20(16-31)24-10-9-23(26(34)32(24)15-18)30-27(35)29-21-4-2-3-17(12-21)13-28/h2-10,12,18,20H,11,14-16H2,1H3,(H2,29,30,35)/t18-,20+/m0/s1. The number of ether oxygens (including phenoxy) is 1. The summed E-state index contributed by atoms with van der Waals surface area (Å²) in [5.74, 6) is 0.862. The summed E-state index contributed by atoms with van der Waals surface area (Å²) in [6.45, 7) is 1.59. The molecule has 1 aromatic heterocycles. The molecule has 1 fully saturated rings. The summed E-state index contributed by atoms with van der Waals surface area (Å²) in [6, 6.07) is 18.6. The minimum absolute atomic E-state index is 0.0291. The molecule has 1 saturated heterocycles. The number of hydrogen-bond acceptors (Lipinski definition) is 5. The number of nitrogens with zero attached hydrogens (tertiary/aromatic N) is 3. The van der Waals surface area contributed by atoms with Crippen molar-refractivity contribution in [2.45, 2.75) is 18.9 Å². The molecule has 9 nitrogen and oxygen atoms in total. The number of methoxy groups -OCH3 is 1. The molecule has 2 aliphatic heterocycles. The van der Waals surface area contributed by atoms with Gasteiger partial charge in [-0.1, -0.05) is 6.07 Å². The summed E-state index contributed by atoms with van der Waals surface area (Å²) in [7, 11) is 1.59. The number of benzene rings is 2. The lowest BCUT2D eigenvalue weighted by atomic mass is 9.83. The van der Waals surface area contributed by atoms with Crippen molar-refractivity contribution in [3.05, 3.63) is 87.8 Å². The molecule has 3 amide bonds. The van der Waals surface area contributed by atoms with Crippen LogP contribution in [0.1, 0.15) is 34.0 Å². The minimum atomic E-state index is -0.560. The quantitative estimate of drug-likeness (QED) is 0.588. The molecule has 2 bridgehead atoms. The summed E-state index contributed by atoms with van der Waals surface area (Å²) < 4.78 is 6.90. The number of rotatable bonds is 4. The van der Waals surface area contributed by atoms with Gasteiger partial charge in [-0.2, -0.15) is 5.26 Å². The zero-order valence-electron chi connectivity index (χ0n) is 19.7. The van der Waals surface area contributed by atoms with Crippen LogP contribution in [0.25, 0.3) is 0 Å². The average Bonchev–Trinajstić information content (AvgIpc) is 2.90. The fraction of sp³-hybridized carbons (Fsp3) is 0.259. The first-order valence-corrected chi connectivity index (χ1v) is 11.7. The molecule has 182 valence electrons. The van der Waals surface area contributed by atoms with Gasteiger partial charge in [0.15, 0.2) is 0 Å². The zero-order valence-corrected chi connectivity index (χ0v) is 19.7. The molecule has 0 radical (unpaired) electrons. The minimum Gasteiger partial charge on any atom is -0.497 e. The lowest BCUT2D eigenvalue weighted by Gasteiger charge is -2.43. The molecule has 3 heterocycles. The van der Waals surface area contributed by atoms with E-state index in [1.54, 1.807) is 66.3 Å². The number of carbonyl (C=O) groups excluding carboxylic acids is 2. The highest BCUT2D eigenvalue weighted by molar-refractivity contribution is 5.99. The molecular weight excluding hydrogens is 458 g/mol. The molecule has 9 heteroatoms. The Hall–Kier alpha value is -4.58. The smallest absolute Gasteiger partial charge is 0.323 e. The Balaban J connectivity index is 1.31. The van der Waals surface area contributed by atoms with Gasteiger partial charge in [0, 0.05) is 42.5 Å². The Morgan fingerprint density at radius 1 is 1.03 bits per heavy atom. The Morgan fingerprint density at radius 2 is 1.83 bits per heavy atom. The van der Waals surface area contributed by atoms with E-state index in [-0.39, 0.29) is 29.0 Å². The lowest BCUT2D eigenvalue weighted by Crippen LogP contribution is -2.49. The van der Waals surface area contributed by atoms with E-state index in [0.29, 0.717) is 42.2 Å². The highest BCUT2D eigenvalue weighted by Crippen LogP contribution is 2.36. The Labute approximate surface area is 207 Å². The van der Waals surface area contributed by atoms with Gasteiger partial charge in [-0.3, -0.25) is 9.59 Å². The number of nitriles is 1. The number of nitrogens with one attached hydrogen (secondary N) is 2. The van der Waals surface area contributed by atoms with Crippen molar-refractivity contribution in [1.82, 2.24) is 9.47 Å². The summed E-state index contributed by atoms with van der Waals surface area (Å²) in [5.41, 5.74) is 2.28. The van der Waals surface area contributed by atoms with Crippen LogP contribution in [0.4, 0.5) is 16.2 Å². The van der Waals surface area contributed by atoms with Crippen LogP contribution < -0.4 is 20.9 Å². The zero-order chi connectivity index (χ0) is 25.2. The van der Waals surface area contributed by atoms with Crippen LogP contribution in [0.5, 0.6) is 5.75 Å². The van der Waals surface area contributed by atoms with Gasteiger partial charge in [0.25, 0.3) is 11.5 Å². The Kier molecular flexibility index (Phi) is 6.17. The summed E-state index contributed by atoms with van der Waals surface area (Å²) in [5, 5.41) is 14.3. The second-order valence-corrected chi connectivity index (χ2v) is 9.10. The molecule has 2 aliphatic rings. The highest BCUT2D eigenvalue weighted by Gasteiger charge is 2.37. The largest absolute Gasteiger partial charge is 0.497 e. The second kappa shape index (κ2) is 9.58. The van der Waals surface area contributed by atoms with E-state index in [9.17, 15) is 14.4 Å². The number of amides is 3. The van der Waals surface area contributed by atoms with Gasteiger partial charge < -0.3 is 24.8 Å². The number of piperidine rings is 1. The predicted molar refractivity (Wildman–Crippen MR) is 134 cm³/mol. The van der Waals surface area contributed by atoms with Crippen LogP contribution in [0.15, 0.2) is 65.5 Å². The van der Waals surface area contributed by atoms with Gasteiger partial charge >= 0.3 is 6.03 Å². The number of hydrogen-bond donors (Lipinski definition) is 2. The van der Waals surface area contributed by atoms with Crippen molar-refractivity contribution in [2.24, 2.45) is 5.92 Å². The van der Waals surface area contributed by atoms with E-state index in [1.807, 2.05) is 17.0 Å². The number of anilines is 2. The fourth-order valence-corrected chi connectivity index (χ4v) is 5.07. The van der Waals surface area contributed by atoms with Gasteiger partial charge in [0.2, 0.25) is 0 Å². The lowest BCUT2D eigenvalue weighted by molar-refractivity contribution is 0.0594. The molecule has 2 N–H and O–H groups in total. The summed E-state index contributed by atoms with van der Waals surface area (Å²) in [6.07, 6.45) is 0.911. The van der Waals surface area contributed by atoms with Gasteiger partial charge in [0.1, 0.15) is 11.4 Å². The number of aromatic nitrogens is 1. The van der Waals surface area contributed by atoms with Crippen LogP contribution >= 0.6 is 0 Å². The van der Waals surface area contributed by atoms with Crippen LogP contribution in [-0.4, -0.2) is 41.6 Å². The molecule has 0 aliphatic carbocycles. The van der Waals surface area contributed by atoms with E-state index in [4.69, 9.17) is 10.00 Å². The first kappa shape index (κ1) is 23.2. The number of pyridine rings is 1. The molecular formula is C27H25N5O4. The first-order chi connectivity index (χ1) is 17.4. The predicted octanol–water partition coefficient (Wildman–Crippen LogP) is 3.63. The topological polar surface area (TPSA) is 116 Å². The molecule has 0 unspecified atom stereocenters. The van der Waals surface area contributed by atoms with Gasteiger partial charge in [-0.15, -0.1) is 0 Å². The first-order valence-electron chi connectivity index (χ1n) is 11.7. The van der Waals surface area contributed by atoms with E-state index < -0.39 is 6.03 Å². The average molecular weight is 484 g/mol. The monoisotopic (exact) mass is 483 g/mol. The van der Waals surface area contributed by atoms with Crippen molar-refractivity contribution in [1.29, 1.82) is 5.26 Å². The van der Waals surface area contributed by atoms with Gasteiger partial charge in [-0.25, -0.2) is 4.79 Å². The molecule has 36 heavy (non-hydrogen) atoms. The second-order valence-electron chi connectivity index (χ2n) is 9.10.